The predicted molar refractivity (Wildman–Crippen MR) is 169 cm³/mol. The van der Waals surface area contributed by atoms with Gasteiger partial charge in [-0.15, -0.1) is 0 Å². The molecule has 0 atom stereocenters. The lowest BCUT2D eigenvalue weighted by molar-refractivity contribution is -0.117. The largest absolute Gasteiger partial charge is 0.513 e. The average Bonchev–Trinajstić information content (AvgIpc) is 3.01. The van der Waals surface area contributed by atoms with Gasteiger partial charge in [0.2, 0.25) is 0 Å². The second-order valence-corrected chi connectivity index (χ2v) is 9.94. The van der Waals surface area contributed by atoms with E-state index in [-0.39, 0.29) is 12.4 Å². The molecule has 0 aliphatic rings. The zero-order chi connectivity index (χ0) is 29.6. The van der Waals surface area contributed by atoms with Gasteiger partial charge in [0.25, 0.3) is 0 Å². The Morgan fingerprint density at radius 2 is 1.29 bits per heavy atom. The minimum Gasteiger partial charge on any atom is -0.497 e. The molecular formula is C36H37NO5. The molecule has 42 heavy (non-hydrogen) atoms. The van der Waals surface area contributed by atoms with Crippen LogP contribution in [0.5, 0.6) is 11.5 Å². The molecule has 0 saturated heterocycles. The third kappa shape index (κ3) is 9.37. The number of carbonyl (C=O) groups is 2. The van der Waals surface area contributed by atoms with E-state index < -0.39 is 6.16 Å². The highest BCUT2D eigenvalue weighted by Gasteiger charge is 2.15. The SMILES string of the molecule is COc1cccc(N(c2ccc(/C=C/c3ccccc3)cc2)c2cccc(OC(=O)OCCCCCCC(C)=O)c2)c1. The second kappa shape index (κ2) is 15.8. The van der Waals surface area contributed by atoms with Gasteiger partial charge in [-0.2, -0.15) is 0 Å². The number of Topliss-reactive ketones (excluding diaryl/α,β-unsaturated/α-hetero) is 1. The molecule has 0 fully saturated rings. The number of ether oxygens (including phenoxy) is 3. The Morgan fingerprint density at radius 1 is 0.667 bits per heavy atom. The van der Waals surface area contributed by atoms with Crippen molar-refractivity contribution in [2.24, 2.45) is 0 Å². The Labute approximate surface area is 248 Å². The van der Waals surface area contributed by atoms with Crippen molar-refractivity contribution >= 4 is 41.2 Å². The van der Waals surface area contributed by atoms with E-state index in [9.17, 15) is 9.59 Å². The summed E-state index contributed by atoms with van der Waals surface area (Å²) >= 11 is 0. The molecular weight excluding hydrogens is 526 g/mol. The van der Waals surface area contributed by atoms with Gasteiger partial charge in [0, 0.05) is 35.6 Å². The number of ketones is 1. The van der Waals surface area contributed by atoms with Gasteiger partial charge in [-0.25, -0.2) is 4.79 Å². The molecule has 216 valence electrons. The van der Waals surface area contributed by atoms with Gasteiger partial charge in [0.1, 0.15) is 17.3 Å². The molecule has 4 aromatic carbocycles. The van der Waals surface area contributed by atoms with Crippen LogP contribution in [0.3, 0.4) is 0 Å². The fourth-order valence-corrected chi connectivity index (χ4v) is 4.48. The highest BCUT2D eigenvalue weighted by molar-refractivity contribution is 5.79. The Bertz CT molecular complexity index is 1460. The van der Waals surface area contributed by atoms with Crippen LogP contribution in [0.1, 0.15) is 50.2 Å². The molecule has 0 aliphatic heterocycles. The first-order valence-corrected chi connectivity index (χ1v) is 14.2. The van der Waals surface area contributed by atoms with Crippen molar-refractivity contribution in [1.82, 2.24) is 0 Å². The Balaban J connectivity index is 1.47. The summed E-state index contributed by atoms with van der Waals surface area (Å²) in [5, 5.41) is 0. The summed E-state index contributed by atoms with van der Waals surface area (Å²) in [7, 11) is 1.64. The number of methoxy groups -OCH3 is 1. The third-order valence-corrected chi connectivity index (χ3v) is 6.65. The number of carbonyl (C=O) groups excluding carboxylic acids is 2. The van der Waals surface area contributed by atoms with E-state index >= 15 is 0 Å². The molecule has 0 spiro atoms. The van der Waals surface area contributed by atoms with E-state index in [0.29, 0.717) is 12.2 Å². The zero-order valence-corrected chi connectivity index (χ0v) is 24.2. The van der Waals surface area contributed by atoms with Gasteiger partial charge >= 0.3 is 6.16 Å². The van der Waals surface area contributed by atoms with E-state index in [2.05, 4.69) is 53.5 Å². The van der Waals surface area contributed by atoms with Crippen LogP contribution in [-0.2, 0) is 9.53 Å². The Hall–Kier alpha value is -4.84. The number of hydrogen-bond acceptors (Lipinski definition) is 6. The van der Waals surface area contributed by atoms with Crippen molar-refractivity contribution in [1.29, 1.82) is 0 Å². The molecule has 0 unspecified atom stereocenters. The van der Waals surface area contributed by atoms with Gasteiger partial charge in [-0.05, 0) is 67.3 Å². The molecule has 4 aromatic rings. The van der Waals surface area contributed by atoms with Crippen LogP contribution >= 0.6 is 0 Å². The molecule has 0 N–H and O–H groups in total. The summed E-state index contributed by atoms with van der Waals surface area (Å²) < 4.78 is 16.3. The van der Waals surface area contributed by atoms with E-state index in [4.69, 9.17) is 14.2 Å². The second-order valence-electron chi connectivity index (χ2n) is 9.94. The van der Waals surface area contributed by atoms with Gasteiger partial charge in [0.05, 0.1) is 13.7 Å². The average molecular weight is 564 g/mol. The third-order valence-electron chi connectivity index (χ3n) is 6.65. The molecule has 0 heterocycles. The molecule has 0 bridgehead atoms. The first-order chi connectivity index (χ1) is 20.5. The molecule has 4 rings (SSSR count). The molecule has 0 aliphatic carbocycles. The van der Waals surface area contributed by atoms with Gasteiger partial charge in [-0.1, -0.05) is 79.6 Å². The van der Waals surface area contributed by atoms with Crippen LogP contribution in [0.2, 0.25) is 0 Å². The molecule has 0 radical (unpaired) electrons. The van der Waals surface area contributed by atoms with Crippen LogP contribution in [0.15, 0.2) is 103 Å². The number of unbranched alkanes of at least 4 members (excludes halogenated alkanes) is 3. The fourth-order valence-electron chi connectivity index (χ4n) is 4.48. The van der Waals surface area contributed by atoms with Crippen LogP contribution in [0, 0.1) is 0 Å². The lowest BCUT2D eigenvalue weighted by Crippen LogP contribution is -2.13. The molecule has 6 heteroatoms. The van der Waals surface area contributed by atoms with Crippen molar-refractivity contribution in [3.8, 4) is 11.5 Å². The first-order valence-electron chi connectivity index (χ1n) is 14.2. The standard InChI is InChI=1S/C36H37NO5/c1-28(38)12-6-3-4-9-25-41-36(39)42-35-18-11-16-33(27-35)37(32-15-10-17-34(26-32)40-2)31-23-21-30(22-24-31)20-19-29-13-7-5-8-14-29/h5,7-8,10-11,13-24,26-27H,3-4,6,9,12,25H2,1-2H3/b20-19+. The highest BCUT2D eigenvalue weighted by Crippen LogP contribution is 2.37. The van der Waals surface area contributed by atoms with E-state index in [1.165, 1.54) is 0 Å². The summed E-state index contributed by atoms with van der Waals surface area (Å²) in [6, 6.07) is 33.6. The van der Waals surface area contributed by atoms with Gasteiger partial charge < -0.3 is 23.9 Å². The van der Waals surface area contributed by atoms with Gasteiger partial charge in [-0.3, -0.25) is 0 Å². The van der Waals surface area contributed by atoms with Crippen molar-refractivity contribution in [3.05, 3.63) is 114 Å². The number of nitrogens with zero attached hydrogens (tertiary/aromatic N) is 1. The van der Waals surface area contributed by atoms with Crippen LogP contribution in [0.4, 0.5) is 21.9 Å². The van der Waals surface area contributed by atoms with Crippen LogP contribution in [-0.4, -0.2) is 25.7 Å². The first kappa shape index (κ1) is 30.1. The summed E-state index contributed by atoms with van der Waals surface area (Å²) in [6.07, 6.45) is 7.46. The normalized spacial score (nSPS) is 10.8. The van der Waals surface area contributed by atoms with Gasteiger partial charge in [0.15, 0.2) is 0 Å². The lowest BCUT2D eigenvalue weighted by atomic mass is 10.1. The van der Waals surface area contributed by atoms with E-state index in [1.54, 1.807) is 20.1 Å². The summed E-state index contributed by atoms with van der Waals surface area (Å²) in [5.74, 6) is 1.32. The summed E-state index contributed by atoms with van der Waals surface area (Å²) in [6.45, 7) is 1.88. The van der Waals surface area contributed by atoms with Crippen molar-refractivity contribution in [2.45, 2.75) is 39.0 Å². The van der Waals surface area contributed by atoms with E-state index in [0.717, 1.165) is 59.6 Å². The minimum atomic E-state index is -0.738. The maximum atomic E-state index is 12.4. The lowest BCUT2D eigenvalue weighted by Gasteiger charge is -2.26. The highest BCUT2D eigenvalue weighted by atomic mass is 16.7. The molecule has 0 amide bonds. The fraction of sp³-hybridized carbons (Fsp3) is 0.222. The zero-order valence-electron chi connectivity index (χ0n) is 24.2. The maximum absolute atomic E-state index is 12.4. The molecule has 6 nitrogen and oxygen atoms in total. The quantitative estimate of drug-likeness (QED) is 0.0659. The monoisotopic (exact) mass is 563 g/mol. The topological polar surface area (TPSA) is 65.1 Å². The van der Waals surface area contributed by atoms with E-state index in [1.807, 2.05) is 60.7 Å². The maximum Gasteiger partial charge on any atom is 0.513 e. The van der Waals surface area contributed by atoms with Crippen LogP contribution < -0.4 is 14.4 Å². The Kier molecular flexibility index (Phi) is 11.3. The molecule has 0 saturated carbocycles. The number of anilines is 3. The predicted octanol–water partition coefficient (Wildman–Crippen LogP) is 9.39. The minimum absolute atomic E-state index is 0.204. The smallest absolute Gasteiger partial charge is 0.497 e. The van der Waals surface area contributed by atoms with Crippen molar-refractivity contribution < 1.29 is 23.8 Å². The number of rotatable bonds is 14. The number of benzene rings is 4. The summed E-state index contributed by atoms with van der Waals surface area (Å²) in [5.41, 5.74) is 4.86. The number of hydrogen-bond donors (Lipinski definition) is 0. The summed E-state index contributed by atoms with van der Waals surface area (Å²) in [4.78, 5) is 25.5. The Morgan fingerprint density at radius 3 is 1.95 bits per heavy atom. The van der Waals surface area contributed by atoms with Crippen molar-refractivity contribution in [3.63, 3.8) is 0 Å². The van der Waals surface area contributed by atoms with Crippen LogP contribution in [0.25, 0.3) is 12.2 Å². The van der Waals surface area contributed by atoms with Crippen molar-refractivity contribution in [2.75, 3.05) is 18.6 Å². The molecule has 0 aromatic heterocycles.